The fraction of sp³-hybridized carbons (Fsp3) is 0.600. The number of benzene rings is 1. The third-order valence-corrected chi connectivity index (χ3v) is 5.41. The van der Waals surface area contributed by atoms with E-state index in [1.165, 1.54) is 11.0 Å². The maximum Gasteiger partial charge on any atom is 0.244 e. The predicted octanol–water partition coefficient (Wildman–Crippen LogP) is 0.322. The van der Waals surface area contributed by atoms with Crippen molar-refractivity contribution in [2.45, 2.75) is 18.2 Å². The van der Waals surface area contributed by atoms with Crippen LogP contribution in [0.25, 0.3) is 0 Å². The van der Waals surface area contributed by atoms with Crippen LogP contribution in [0.1, 0.15) is 13.3 Å². The van der Waals surface area contributed by atoms with Gasteiger partial charge in [0.25, 0.3) is 0 Å². The van der Waals surface area contributed by atoms with Gasteiger partial charge in [-0.3, -0.25) is 0 Å². The Labute approximate surface area is 142 Å². The zero-order chi connectivity index (χ0) is 16.7. The maximum atomic E-state index is 12.5. The lowest BCUT2D eigenvalue weighted by Crippen LogP contribution is -3.14. The number of morpholine rings is 1. The molecular formula is C15H24ClN2O4S+. The molecule has 0 unspecified atom stereocenters. The monoisotopic (exact) mass is 363 g/mol. The smallest absolute Gasteiger partial charge is 0.244 e. The molecule has 1 heterocycles. The van der Waals surface area contributed by atoms with E-state index < -0.39 is 10.0 Å². The van der Waals surface area contributed by atoms with Crippen LogP contribution in [0.5, 0.6) is 5.75 Å². The highest BCUT2D eigenvalue weighted by Gasteiger charge is 2.20. The minimum absolute atomic E-state index is 0.0885. The van der Waals surface area contributed by atoms with Crippen molar-refractivity contribution in [1.29, 1.82) is 0 Å². The third-order valence-electron chi connectivity index (χ3n) is 3.69. The summed E-state index contributed by atoms with van der Waals surface area (Å²) in [5.41, 5.74) is 0. The summed E-state index contributed by atoms with van der Waals surface area (Å²) < 4.78 is 38.2. The lowest BCUT2D eigenvalue weighted by molar-refractivity contribution is -0.908. The van der Waals surface area contributed by atoms with Crippen molar-refractivity contribution in [3.8, 4) is 5.75 Å². The number of sulfonamides is 1. The molecule has 1 fully saturated rings. The van der Waals surface area contributed by atoms with E-state index in [9.17, 15) is 8.42 Å². The van der Waals surface area contributed by atoms with Crippen LogP contribution >= 0.6 is 11.6 Å². The molecule has 1 aliphatic rings. The van der Waals surface area contributed by atoms with Gasteiger partial charge in [-0.25, -0.2) is 13.1 Å². The topological polar surface area (TPSA) is 69.1 Å². The van der Waals surface area contributed by atoms with Crippen LogP contribution in [0, 0.1) is 0 Å². The first-order valence-electron chi connectivity index (χ1n) is 7.86. The molecule has 0 spiro atoms. The van der Waals surface area contributed by atoms with Gasteiger partial charge in [0.1, 0.15) is 23.7 Å². The van der Waals surface area contributed by atoms with Gasteiger partial charge in [-0.15, -0.1) is 0 Å². The first kappa shape index (κ1) is 18.5. The molecule has 23 heavy (non-hydrogen) atoms. The number of nitrogens with one attached hydrogen (secondary N) is 2. The molecule has 0 aliphatic carbocycles. The summed E-state index contributed by atoms with van der Waals surface area (Å²) in [6.07, 6.45) is 0.777. The molecule has 0 aromatic heterocycles. The number of quaternary nitrogens is 1. The van der Waals surface area contributed by atoms with E-state index in [2.05, 4.69) is 4.72 Å². The van der Waals surface area contributed by atoms with Gasteiger partial charge >= 0.3 is 0 Å². The molecule has 1 aliphatic heterocycles. The lowest BCUT2D eigenvalue weighted by Gasteiger charge is -2.23. The largest absolute Gasteiger partial charge is 0.492 e. The van der Waals surface area contributed by atoms with Gasteiger partial charge < -0.3 is 14.4 Å². The third kappa shape index (κ3) is 5.61. The molecule has 8 heteroatoms. The minimum Gasteiger partial charge on any atom is -0.492 e. The van der Waals surface area contributed by atoms with Gasteiger partial charge in [0.15, 0.2) is 0 Å². The molecule has 0 bridgehead atoms. The van der Waals surface area contributed by atoms with Crippen molar-refractivity contribution in [2.75, 3.05) is 46.0 Å². The van der Waals surface area contributed by atoms with Gasteiger partial charge in [0.2, 0.25) is 10.0 Å². The van der Waals surface area contributed by atoms with Crippen LogP contribution in [-0.2, 0) is 14.8 Å². The number of hydrogen-bond acceptors (Lipinski definition) is 4. The Kier molecular flexibility index (Phi) is 7.10. The van der Waals surface area contributed by atoms with E-state index in [0.717, 1.165) is 39.3 Å². The summed E-state index contributed by atoms with van der Waals surface area (Å²) in [5, 5.41) is 0.367. The Bertz CT molecular complexity index is 603. The molecule has 6 nitrogen and oxygen atoms in total. The average Bonchev–Trinajstić information content (AvgIpc) is 2.54. The summed E-state index contributed by atoms with van der Waals surface area (Å²) in [5.74, 6) is 0.322. The van der Waals surface area contributed by atoms with Gasteiger partial charge in [0.05, 0.1) is 26.4 Å². The summed E-state index contributed by atoms with van der Waals surface area (Å²) in [6, 6.07) is 4.62. The van der Waals surface area contributed by atoms with Gasteiger partial charge in [-0.05, 0) is 25.1 Å². The Morgan fingerprint density at radius 1 is 1.35 bits per heavy atom. The Morgan fingerprint density at radius 2 is 2.09 bits per heavy atom. The molecular weight excluding hydrogens is 340 g/mol. The van der Waals surface area contributed by atoms with Crippen molar-refractivity contribution in [3.63, 3.8) is 0 Å². The Hall–Kier alpha value is -0.860. The number of hydrogen-bond donors (Lipinski definition) is 2. The van der Waals surface area contributed by atoms with E-state index in [1.54, 1.807) is 12.1 Å². The Balaban J connectivity index is 1.91. The molecule has 0 atom stereocenters. The predicted molar refractivity (Wildman–Crippen MR) is 88.8 cm³/mol. The second-order valence-electron chi connectivity index (χ2n) is 5.39. The fourth-order valence-corrected chi connectivity index (χ4v) is 3.98. The molecule has 130 valence electrons. The van der Waals surface area contributed by atoms with Crippen LogP contribution in [-0.4, -0.2) is 54.4 Å². The lowest BCUT2D eigenvalue weighted by atomic mass is 10.3. The van der Waals surface area contributed by atoms with Crippen molar-refractivity contribution in [1.82, 2.24) is 4.72 Å². The quantitative estimate of drug-likeness (QED) is 0.653. The molecule has 1 aromatic rings. The van der Waals surface area contributed by atoms with Gasteiger partial charge in [-0.1, -0.05) is 11.6 Å². The van der Waals surface area contributed by atoms with E-state index in [0.29, 0.717) is 23.9 Å². The van der Waals surface area contributed by atoms with Crippen LogP contribution in [0.2, 0.25) is 5.02 Å². The van der Waals surface area contributed by atoms with Crippen LogP contribution in [0.3, 0.4) is 0 Å². The second kappa shape index (κ2) is 8.84. The highest BCUT2D eigenvalue weighted by atomic mass is 35.5. The average molecular weight is 364 g/mol. The highest BCUT2D eigenvalue weighted by molar-refractivity contribution is 7.89. The molecule has 2 N–H and O–H groups in total. The van der Waals surface area contributed by atoms with Crippen molar-refractivity contribution >= 4 is 21.6 Å². The summed E-state index contributed by atoms with van der Waals surface area (Å²) in [4.78, 5) is 1.54. The number of rotatable bonds is 8. The zero-order valence-electron chi connectivity index (χ0n) is 13.3. The standard InChI is InChI=1S/C15H23ClN2O4S/c1-2-22-14-5-4-13(16)12-15(14)23(19,20)17-6-3-7-18-8-10-21-11-9-18/h4-5,12,17H,2-3,6-11H2,1H3/p+1. The van der Waals surface area contributed by atoms with Gasteiger partial charge in [0, 0.05) is 18.0 Å². The fourth-order valence-electron chi connectivity index (χ4n) is 2.50. The van der Waals surface area contributed by atoms with Crippen LogP contribution in [0.15, 0.2) is 23.1 Å². The summed E-state index contributed by atoms with van der Waals surface area (Å²) in [7, 11) is -3.63. The maximum absolute atomic E-state index is 12.5. The van der Waals surface area contributed by atoms with E-state index in [-0.39, 0.29) is 4.90 Å². The molecule has 1 aromatic carbocycles. The van der Waals surface area contributed by atoms with E-state index >= 15 is 0 Å². The molecule has 0 amide bonds. The van der Waals surface area contributed by atoms with Crippen molar-refractivity contribution < 1.29 is 22.8 Å². The zero-order valence-corrected chi connectivity index (χ0v) is 14.9. The molecule has 0 radical (unpaired) electrons. The first-order valence-corrected chi connectivity index (χ1v) is 9.72. The minimum atomic E-state index is -3.63. The first-order chi connectivity index (χ1) is 11.0. The van der Waals surface area contributed by atoms with E-state index in [4.69, 9.17) is 21.1 Å². The SMILES string of the molecule is CCOc1ccc(Cl)cc1S(=O)(=O)NCCC[NH+]1CCOCC1. The molecule has 0 saturated carbocycles. The van der Waals surface area contributed by atoms with Crippen molar-refractivity contribution in [2.24, 2.45) is 0 Å². The summed E-state index contributed by atoms with van der Waals surface area (Å²) >= 11 is 5.92. The van der Waals surface area contributed by atoms with E-state index in [1.807, 2.05) is 6.92 Å². The Morgan fingerprint density at radius 3 is 2.78 bits per heavy atom. The normalized spacial score (nSPS) is 16.4. The van der Waals surface area contributed by atoms with Gasteiger partial charge in [-0.2, -0.15) is 0 Å². The molecule has 2 rings (SSSR count). The number of halogens is 1. The highest BCUT2D eigenvalue weighted by Crippen LogP contribution is 2.27. The summed E-state index contributed by atoms with van der Waals surface area (Å²) in [6.45, 7) is 7.05. The molecule has 1 saturated heterocycles. The second-order valence-corrected chi connectivity index (χ2v) is 7.56. The number of ether oxygens (including phenoxy) is 2. The van der Waals surface area contributed by atoms with Crippen molar-refractivity contribution in [3.05, 3.63) is 23.2 Å². The van der Waals surface area contributed by atoms with Crippen LogP contribution < -0.4 is 14.4 Å². The van der Waals surface area contributed by atoms with Crippen LogP contribution in [0.4, 0.5) is 0 Å².